The van der Waals surface area contributed by atoms with Gasteiger partial charge >= 0.3 is 0 Å². The van der Waals surface area contributed by atoms with Gasteiger partial charge in [0.1, 0.15) is 23.2 Å². The van der Waals surface area contributed by atoms with Crippen LogP contribution in [-0.2, 0) is 9.59 Å². The molecule has 4 N–H and O–H groups in total. The molecule has 1 atom stereocenters. The topological polar surface area (TPSA) is 105 Å². The van der Waals surface area contributed by atoms with Gasteiger partial charge in [0.05, 0.1) is 0 Å². The zero-order chi connectivity index (χ0) is 24.1. The zero-order valence-electron chi connectivity index (χ0n) is 18.6. The number of halogens is 2. The second-order valence-electron chi connectivity index (χ2n) is 8.49. The molecular formula is C24H28F2N4O3. The number of anilines is 2. The number of amides is 3. The van der Waals surface area contributed by atoms with E-state index < -0.39 is 35.1 Å². The van der Waals surface area contributed by atoms with Crippen LogP contribution in [0.1, 0.15) is 37.0 Å². The number of hydrogen-bond donors (Lipinski definition) is 3. The van der Waals surface area contributed by atoms with Crippen LogP contribution < -0.4 is 21.3 Å². The highest BCUT2D eigenvalue weighted by molar-refractivity contribution is 6.01. The molecule has 2 aromatic carbocycles. The van der Waals surface area contributed by atoms with Crippen molar-refractivity contribution in [3.05, 3.63) is 59.7 Å². The quantitative estimate of drug-likeness (QED) is 0.593. The Balaban J connectivity index is 1.63. The smallest absolute Gasteiger partial charge is 0.257 e. The van der Waals surface area contributed by atoms with E-state index in [0.717, 1.165) is 23.9 Å². The Labute approximate surface area is 191 Å². The predicted octanol–water partition coefficient (Wildman–Crippen LogP) is 3.06. The monoisotopic (exact) mass is 458 g/mol. The molecule has 7 nitrogen and oxygen atoms in total. The van der Waals surface area contributed by atoms with Gasteiger partial charge in [-0.3, -0.25) is 14.4 Å². The summed E-state index contributed by atoms with van der Waals surface area (Å²) in [5, 5.41) is 5.17. The SMILES string of the molecule is CC(C)C(NC(=O)c1c(F)cccc1F)C(=O)Nc1ccc(N2CCC(C(N)=O)CC2)cc1. The minimum absolute atomic E-state index is 0.0965. The van der Waals surface area contributed by atoms with Gasteiger partial charge < -0.3 is 21.3 Å². The molecule has 0 aliphatic carbocycles. The van der Waals surface area contributed by atoms with Crippen LogP contribution in [0.2, 0.25) is 0 Å². The first kappa shape index (κ1) is 24.2. The van der Waals surface area contributed by atoms with Crippen LogP contribution in [0.25, 0.3) is 0 Å². The third-order valence-electron chi connectivity index (χ3n) is 5.82. The van der Waals surface area contributed by atoms with Gasteiger partial charge in [0.25, 0.3) is 5.91 Å². The number of hydrogen-bond acceptors (Lipinski definition) is 4. The fourth-order valence-electron chi connectivity index (χ4n) is 3.86. The van der Waals surface area contributed by atoms with E-state index in [-0.39, 0.29) is 17.7 Å². The maximum absolute atomic E-state index is 13.9. The molecule has 0 radical (unpaired) electrons. The van der Waals surface area contributed by atoms with Gasteiger partial charge in [0.2, 0.25) is 11.8 Å². The molecule has 9 heteroatoms. The minimum Gasteiger partial charge on any atom is -0.371 e. The fourth-order valence-corrected chi connectivity index (χ4v) is 3.86. The summed E-state index contributed by atoms with van der Waals surface area (Å²) in [5.74, 6) is -4.16. The first-order valence-corrected chi connectivity index (χ1v) is 10.9. The van der Waals surface area contributed by atoms with Crippen LogP contribution in [0.5, 0.6) is 0 Å². The highest BCUT2D eigenvalue weighted by Crippen LogP contribution is 2.25. The summed E-state index contributed by atoms with van der Waals surface area (Å²) in [6.45, 7) is 4.88. The summed E-state index contributed by atoms with van der Waals surface area (Å²) in [7, 11) is 0. The molecule has 1 aliphatic rings. The van der Waals surface area contributed by atoms with Crippen LogP contribution in [0, 0.1) is 23.5 Å². The largest absolute Gasteiger partial charge is 0.371 e. The van der Waals surface area contributed by atoms with Crippen molar-refractivity contribution >= 4 is 29.1 Å². The number of rotatable bonds is 7. The van der Waals surface area contributed by atoms with Gasteiger partial charge in [-0.25, -0.2) is 8.78 Å². The van der Waals surface area contributed by atoms with Crippen LogP contribution in [0.4, 0.5) is 20.2 Å². The maximum atomic E-state index is 13.9. The van der Waals surface area contributed by atoms with Crippen molar-refractivity contribution in [2.75, 3.05) is 23.3 Å². The van der Waals surface area contributed by atoms with Crippen LogP contribution in [0.3, 0.4) is 0 Å². The molecule has 3 amide bonds. The average Bonchev–Trinajstić information content (AvgIpc) is 2.77. The first-order valence-electron chi connectivity index (χ1n) is 10.9. The summed E-state index contributed by atoms with van der Waals surface area (Å²) in [5.41, 5.74) is 6.14. The molecule has 176 valence electrons. The summed E-state index contributed by atoms with van der Waals surface area (Å²) in [4.78, 5) is 38.7. The number of carbonyl (C=O) groups is 3. The van der Waals surface area contributed by atoms with Gasteiger partial charge in [-0.1, -0.05) is 19.9 Å². The van der Waals surface area contributed by atoms with E-state index in [0.29, 0.717) is 31.6 Å². The van der Waals surface area contributed by atoms with E-state index in [1.54, 1.807) is 26.0 Å². The predicted molar refractivity (Wildman–Crippen MR) is 122 cm³/mol. The molecule has 1 saturated heterocycles. The third kappa shape index (κ3) is 5.85. The lowest BCUT2D eigenvalue weighted by Gasteiger charge is -2.32. The van der Waals surface area contributed by atoms with Crippen molar-refractivity contribution in [3.63, 3.8) is 0 Å². The van der Waals surface area contributed by atoms with E-state index in [9.17, 15) is 23.2 Å². The van der Waals surface area contributed by atoms with E-state index >= 15 is 0 Å². The Kier molecular flexibility index (Phi) is 7.63. The Morgan fingerprint density at radius 3 is 2.09 bits per heavy atom. The van der Waals surface area contributed by atoms with Crippen LogP contribution >= 0.6 is 0 Å². The molecule has 0 bridgehead atoms. The maximum Gasteiger partial charge on any atom is 0.257 e. The standard InChI is InChI=1S/C24H28F2N4O3/c1-14(2)21(29-23(32)20-18(25)4-3-5-19(20)26)24(33)28-16-6-8-17(9-7-16)30-12-10-15(11-13-30)22(27)31/h3-9,14-15,21H,10-13H2,1-2H3,(H2,27,31)(H,28,33)(H,29,32). The van der Waals surface area contributed by atoms with E-state index in [1.807, 2.05) is 12.1 Å². The molecule has 0 saturated carbocycles. The summed E-state index contributed by atoms with van der Waals surface area (Å²) < 4.78 is 27.8. The molecule has 1 heterocycles. The molecular weight excluding hydrogens is 430 g/mol. The van der Waals surface area contributed by atoms with E-state index in [1.165, 1.54) is 0 Å². The van der Waals surface area contributed by atoms with Gasteiger partial charge in [-0.2, -0.15) is 0 Å². The van der Waals surface area contributed by atoms with Crippen LogP contribution in [-0.4, -0.2) is 36.9 Å². The molecule has 3 rings (SSSR count). The number of piperidine rings is 1. The second kappa shape index (κ2) is 10.4. The number of nitrogens with zero attached hydrogens (tertiary/aromatic N) is 1. The van der Waals surface area contributed by atoms with Gasteiger partial charge in [0, 0.05) is 30.4 Å². The van der Waals surface area contributed by atoms with Crippen molar-refractivity contribution in [1.29, 1.82) is 0 Å². The lowest BCUT2D eigenvalue weighted by Crippen LogP contribution is -2.47. The second-order valence-corrected chi connectivity index (χ2v) is 8.49. The van der Waals surface area contributed by atoms with E-state index in [2.05, 4.69) is 15.5 Å². The van der Waals surface area contributed by atoms with Gasteiger partial charge in [0.15, 0.2) is 0 Å². The number of primary amides is 1. The fraction of sp³-hybridized carbons (Fsp3) is 0.375. The lowest BCUT2D eigenvalue weighted by atomic mass is 9.96. The molecule has 0 spiro atoms. The number of nitrogens with one attached hydrogen (secondary N) is 2. The minimum atomic E-state index is -0.996. The highest BCUT2D eigenvalue weighted by atomic mass is 19.1. The Morgan fingerprint density at radius 2 is 1.58 bits per heavy atom. The number of benzene rings is 2. The van der Waals surface area contributed by atoms with Gasteiger partial charge in [-0.15, -0.1) is 0 Å². The summed E-state index contributed by atoms with van der Waals surface area (Å²) >= 11 is 0. The van der Waals surface area contributed by atoms with Gasteiger partial charge in [-0.05, 0) is 55.2 Å². The Hall–Kier alpha value is -3.49. The summed E-state index contributed by atoms with van der Waals surface area (Å²) in [6.07, 6.45) is 1.40. The third-order valence-corrected chi connectivity index (χ3v) is 5.82. The molecule has 0 aromatic heterocycles. The van der Waals surface area contributed by atoms with Crippen molar-refractivity contribution in [2.24, 2.45) is 17.6 Å². The summed E-state index contributed by atoms with van der Waals surface area (Å²) in [6, 6.07) is 9.34. The van der Waals surface area contributed by atoms with Crippen molar-refractivity contribution < 1.29 is 23.2 Å². The molecule has 33 heavy (non-hydrogen) atoms. The lowest BCUT2D eigenvalue weighted by molar-refractivity contribution is -0.122. The molecule has 1 fully saturated rings. The first-order chi connectivity index (χ1) is 15.7. The Bertz CT molecular complexity index is 999. The van der Waals surface area contributed by atoms with Crippen LogP contribution in [0.15, 0.2) is 42.5 Å². The number of carbonyl (C=O) groups excluding carboxylic acids is 3. The van der Waals surface area contributed by atoms with Crippen molar-refractivity contribution in [3.8, 4) is 0 Å². The normalized spacial score (nSPS) is 15.2. The molecule has 1 aliphatic heterocycles. The molecule has 2 aromatic rings. The number of nitrogens with two attached hydrogens (primary N) is 1. The molecule has 1 unspecified atom stereocenters. The van der Waals surface area contributed by atoms with Crippen molar-refractivity contribution in [2.45, 2.75) is 32.7 Å². The van der Waals surface area contributed by atoms with E-state index in [4.69, 9.17) is 5.73 Å². The Morgan fingerprint density at radius 1 is 1.00 bits per heavy atom. The highest BCUT2D eigenvalue weighted by Gasteiger charge is 2.28. The average molecular weight is 459 g/mol. The zero-order valence-corrected chi connectivity index (χ0v) is 18.6. The van der Waals surface area contributed by atoms with Crippen molar-refractivity contribution in [1.82, 2.24) is 5.32 Å².